The lowest BCUT2D eigenvalue weighted by atomic mass is 10.4. The SMILES string of the molecule is N#CNc1cc(NCc2cccs2)ncn1. The maximum atomic E-state index is 8.45. The van der Waals surface area contributed by atoms with Gasteiger partial charge in [-0.3, -0.25) is 5.32 Å². The average molecular weight is 231 g/mol. The van der Waals surface area contributed by atoms with Crippen LogP contribution in [0, 0.1) is 11.5 Å². The van der Waals surface area contributed by atoms with Crippen LogP contribution in [0.3, 0.4) is 0 Å². The number of hydrogen-bond donors (Lipinski definition) is 2. The van der Waals surface area contributed by atoms with Gasteiger partial charge in [0.05, 0.1) is 6.54 Å². The molecule has 0 spiro atoms. The molecule has 0 saturated carbocycles. The van der Waals surface area contributed by atoms with E-state index < -0.39 is 0 Å². The highest BCUT2D eigenvalue weighted by molar-refractivity contribution is 7.09. The van der Waals surface area contributed by atoms with Gasteiger partial charge in [0.1, 0.15) is 18.0 Å². The molecule has 2 heterocycles. The molecule has 0 unspecified atom stereocenters. The first kappa shape index (κ1) is 10.4. The average Bonchev–Trinajstić information content (AvgIpc) is 2.80. The molecular formula is C10H9N5S. The summed E-state index contributed by atoms with van der Waals surface area (Å²) < 4.78 is 0. The second-order valence-corrected chi connectivity index (χ2v) is 3.99. The molecule has 0 aliphatic heterocycles. The molecule has 0 fully saturated rings. The van der Waals surface area contributed by atoms with Crippen LogP contribution in [0.4, 0.5) is 11.6 Å². The van der Waals surface area contributed by atoms with Crippen molar-refractivity contribution in [2.45, 2.75) is 6.54 Å². The van der Waals surface area contributed by atoms with Gasteiger partial charge in [-0.05, 0) is 11.4 Å². The Bertz CT molecular complexity index is 488. The van der Waals surface area contributed by atoms with Crippen LogP contribution in [0.25, 0.3) is 0 Å². The number of hydrogen-bond acceptors (Lipinski definition) is 6. The van der Waals surface area contributed by atoms with Gasteiger partial charge in [-0.25, -0.2) is 9.97 Å². The molecule has 2 aromatic rings. The van der Waals surface area contributed by atoms with Crippen LogP contribution in [0.2, 0.25) is 0 Å². The van der Waals surface area contributed by atoms with Gasteiger partial charge in [0.15, 0.2) is 6.19 Å². The predicted molar refractivity (Wildman–Crippen MR) is 62.9 cm³/mol. The van der Waals surface area contributed by atoms with Gasteiger partial charge in [0.25, 0.3) is 0 Å². The molecule has 0 bridgehead atoms. The molecule has 0 aliphatic carbocycles. The molecule has 0 amide bonds. The molecule has 5 nitrogen and oxygen atoms in total. The number of anilines is 2. The van der Waals surface area contributed by atoms with Crippen molar-refractivity contribution in [2.75, 3.05) is 10.6 Å². The highest BCUT2D eigenvalue weighted by atomic mass is 32.1. The largest absolute Gasteiger partial charge is 0.365 e. The van der Waals surface area contributed by atoms with Crippen molar-refractivity contribution in [3.05, 3.63) is 34.8 Å². The lowest BCUT2D eigenvalue weighted by Crippen LogP contribution is -2.01. The minimum absolute atomic E-state index is 0.492. The minimum Gasteiger partial charge on any atom is -0.365 e. The summed E-state index contributed by atoms with van der Waals surface area (Å²) in [6.45, 7) is 0.723. The predicted octanol–water partition coefficient (Wildman–Crippen LogP) is 2.04. The normalized spacial score (nSPS) is 9.44. The Hall–Kier alpha value is -2.13. The lowest BCUT2D eigenvalue weighted by Gasteiger charge is -2.04. The molecular weight excluding hydrogens is 222 g/mol. The molecule has 0 atom stereocenters. The summed E-state index contributed by atoms with van der Waals surface area (Å²) in [6, 6.07) is 5.74. The summed E-state index contributed by atoms with van der Waals surface area (Å²) in [5, 5.41) is 16.1. The third kappa shape index (κ3) is 2.68. The molecule has 0 aliphatic rings. The lowest BCUT2D eigenvalue weighted by molar-refractivity contribution is 1.10. The van der Waals surface area contributed by atoms with E-state index in [2.05, 4.69) is 20.6 Å². The van der Waals surface area contributed by atoms with E-state index in [1.54, 1.807) is 17.4 Å². The first-order chi connectivity index (χ1) is 7.88. The van der Waals surface area contributed by atoms with Crippen LogP contribution < -0.4 is 10.6 Å². The molecule has 80 valence electrons. The van der Waals surface area contributed by atoms with Crippen molar-refractivity contribution in [1.29, 1.82) is 5.26 Å². The second kappa shape index (κ2) is 5.09. The Morgan fingerprint density at radius 3 is 3.00 bits per heavy atom. The van der Waals surface area contributed by atoms with Crippen molar-refractivity contribution < 1.29 is 0 Å². The van der Waals surface area contributed by atoms with Gasteiger partial charge in [0, 0.05) is 10.9 Å². The van der Waals surface area contributed by atoms with E-state index in [0.717, 1.165) is 6.54 Å². The Kier molecular flexibility index (Phi) is 3.31. The number of thiophene rings is 1. The Morgan fingerprint density at radius 2 is 2.25 bits per heavy atom. The molecule has 0 saturated heterocycles. The van der Waals surface area contributed by atoms with Gasteiger partial charge in [0.2, 0.25) is 0 Å². The smallest absolute Gasteiger partial charge is 0.182 e. The van der Waals surface area contributed by atoms with Crippen molar-refractivity contribution >= 4 is 23.0 Å². The van der Waals surface area contributed by atoms with Gasteiger partial charge >= 0.3 is 0 Å². The fraction of sp³-hybridized carbons (Fsp3) is 0.100. The maximum absolute atomic E-state index is 8.45. The van der Waals surface area contributed by atoms with E-state index in [0.29, 0.717) is 11.6 Å². The zero-order chi connectivity index (χ0) is 11.2. The van der Waals surface area contributed by atoms with Gasteiger partial charge in [-0.2, -0.15) is 5.26 Å². The zero-order valence-corrected chi connectivity index (χ0v) is 9.16. The third-order valence-electron chi connectivity index (χ3n) is 1.87. The summed E-state index contributed by atoms with van der Waals surface area (Å²) in [4.78, 5) is 9.18. The fourth-order valence-electron chi connectivity index (χ4n) is 1.17. The fourth-order valence-corrected chi connectivity index (χ4v) is 1.82. The van der Waals surface area contributed by atoms with E-state index in [-0.39, 0.29) is 0 Å². The Morgan fingerprint density at radius 1 is 1.38 bits per heavy atom. The topological polar surface area (TPSA) is 73.6 Å². The van der Waals surface area contributed by atoms with Gasteiger partial charge in [-0.1, -0.05) is 6.07 Å². The van der Waals surface area contributed by atoms with Crippen LogP contribution in [0.1, 0.15) is 4.88 Å². The first-order valence-corrected chi connectivity index (χ1v) is 5.50. The van der Waals surface area contributed by atoms with Crippen LogP contribution in [-0.4, -0.2) is 9.97 Å². The van der Waals surface area contributed by atoms with Crippen molar-refractivity contribution in [3.8, 4) is 6.19 Å². The van der Waals surface area contributed by atoms with Crippen LogP contribution in [-0.2, 0) is 6.54 Å². The molecule has 2 aromatic heterocycles. The number of nitrogens with zero attached hydrogens (tertiary/aromatic N) is 3. The monoisotopic (exact) mass is 231 g/mol. The maximum Gasteiger partial charge on any atom is 0.182 e. The van der Waals surface area contributed by atoms with Crippen LogP contribution >= 0.6 is 11.3 Å². The summed E-state index contributed by atoms with van der Waals surface area (Å²) in [5.74, 6) is 1.19. The molecule has 0 aromatic carbocycles. The van der Waals surface area contributed by atoms with E-state index >= 15 is 0 Å². The molecule has 16 heavy (non-hydrogen) atoms. The summed E-state index contributed by atoms with van der Waals surface area (Å²) >= 11 is 1.68. The molecule has 2 rings (SSSR count). The summed E-state index contributed by atoms with van der Waals surface area (Å²) in [5.41, 5.74) is 0. The summed E-state index contributed by atoms with van der Waals surface area (Å²) in [6.07, 6.45) is 3.23. The Labute approximate surface area is 96.8 Å². The third-order valence-corrected chi connectivity index (χ3v) is 2.75. The Balaban J connectivity index is 1.99. The van der Waals surface area contributed by atoms with Crippen molar-refractivity contribution in [1.82, 2.24) is 9.97 Å². The molecule has 2 N–H and O–H groups in total. The molecule has 6 heteroatoms. The van der Waals surface area contributed by atoms with Crippen LogP contribution in [0.5, 0.6) is 0 Å². The number of nitrogens with one attached hydrogen (secondary N) is 2. The van der Waals surface area contributed by atoms with Crippen LogP contribution in [0.15, 0.2) is 29.9 Å². The highest BCUT2D eigenvalue weighted by Gasteiger charge is 1.98. The minimum atomic E-state index is 0.492. The first-order valence-electron chi connectivity index (χ1n) is 4.62. The quantitative estimate of drug-likeness (QED) is 0.622. The second-order valence-electron chi connectivity index (χ2n) is 2.96. The van der Waals surface area contributed by atoms with Gasteiger partial charge < -0.3 is 5.32 Å². The summed E-state index contributed by atoms with van der Waals surface area (Å²) in [7, 11) is 0. The standard InChI is InChI=1S/C10H9N5S/c11-6-13-10-4-9(14-7-15-10)12-5-8-2-1-3-16-8/h1-4,7H,5H2,(H2,12,13,14,15). The number of aromatic nitrogens is 2. The molecule has 0 radical (unpaired) electrons. The number of nitriles is 1. The highest BCUT2D eigenvalue weighted by Crippen LogP contribution is 2.12. The van der Waals surface area contributed by atoms with E-state index in [1.165, 1.54) is 11.2 Å². The van der Waals surface area contributed by atoms with Gasteiger partial charge in [-0.15, -0.1) is 11.3 Å². The van der Waals surface area contributed by atoms with Crippen molar-refractivity contribution in [2.24, 2.45) is 0 Å². The van der Waals surface area contributed by atoms with E-state index in [4.69, 9.17) is 5.26 Å². The van der Waals surface area contributed by atoms with E-state index in [9.17, 15) is 0 Å². The number of rotatable bonds is 4. The zero-order valence-electron chi connectivity index (χ0n) is 8.34. The van der Waals surface area contributed by atoms with Crippen molar-refractivity contribution in [3.63, 3.8) is 0 Å². The van der Waals surface area contributed by atoms with E-state index in [1.807, 2.05) is 23.7 Å².